The van der Waals surface area contributed by atoms with Crippen LogP contribution in [0.1, 0.15) is 6.92 Å². The third kappa shape index (κ3) is 3.66. The molecule has 0 aromatic carbocycles. The van der Waals surface area contributed by atoms with Crippen molar-refractivity contribution >= 4 is 23.1 Å². The molecule has 0 bridgehead atoms. The maximum atomic E-state index is 11.0. The number of nitrogens with zero attached hydrogens (tertiary/aromatic N) is 2. The second-order valence-electron chi connectivity index (χ2n) is 3.30. The molecule has 1 rings (SSSR count). The van der Waals surface area contributed by atoms with E-state index in [4.69, 9.17) is 5.11 Å². The number of carboxylic acid groups (broad SMARTS) is 1. The first-order valence-corrected chi connectivity index (χ1v) is 5.53. The van der Waals surface area contributed by atoms with Crippen LogP contribution in [0.2, 0.25) is 0 Å². The molecule has 0 radical (unpaired) electrons. The average molecular weight is 265 g/mol. The highest BCUT2D eigenvalue weighted by Crippen LogP contribution is 2.23. The van der Waals surface area contributed by atoms with Gasteiger partial charge >= 0.3 is 6.09 Å². The molecule has 0 spiro atoms. The molecule has 17 heavy (non-hydrogen) atoms. The van der Waals surface area contributed by atoms with Crippen molar-refractivity contribution in [2.75, 3.05) is 13.2 Å². The van der Waals surface area contributed by atoms with Crippen molar-refractivity contribution in [2.45, 2.75) is 18.3 Å². The van der Waals surface area contributed by atoms with Gasteiger partial charge in [-0.1, -0.05) is 0 Å². The van der Waals surface area contributed by atoms with Crippen LogP contribution in [0.3, 0.4) is 0 Å². The summed E-state index contributed by atoms with van der Waals surface area (Å²) >= 11 is 0.834. The van der Waals surface area contributed by atoms with Crippen molar-refractivity contribution in [3.8, 4) is 0 Å². The molecule has 2 unspecified atom stereocenters. The van der Waals surface area contributed by atoms with Gasteiger partial charge in [0.15, 0.2) is 0 Å². The Kier molecular flexibility index (Phi) is 4.37. The van der Waals surface area contributed by atoms with Crippen LogP contribution in [0.15, 0.2) is 0 Å². The summed E-state index contributed by atoms with van der Waals surface area (Å²) in [7, 11) is 0. The van der Waals surface area contributed by atoms with E-state index in [9.17, 15) is 19.7 Å². The van der Waals surface area contributed by atoms with E-state index in [1.54, 1.807) is 0 Å². The van der Waals surface area contributed by atoms with E-state index in [2.05, 4.69) is 10.2 Å². The summed E-state index contributed by atoms with van der Waals surface area (Å²) in [6, 6.07) is -0.719. The Hall–Kier alpha value is -1.71. The first kappa shape index (κ1) is 13.4. The summed E-state index contributed by atoms with van der Waals surface area (Å²) in [5.41, 5.74) is 0. The predicted octanol–water partition coefficient (Wildman–Crippen LogP) is 0.346. The zero-order valence-electron chi connectivity index (χ0n) is 8.86. The van der Waals surface area contributed by atoms with E-state index in [0.29, 0.717) is 0 Å². The van der Waals surface area contributed by atoms with Crippen LogP contribution in [0.5, 0.6) is 0 Å². The molecule has 0 aliphatic carbocycles. The Bertz CT molecular complexity index is 338. The molecular formula is C7H11N3O6S. The normalized spacial score (nSPS) is 20.5. The number of hydrogen-bond acceptors (Lipinski definition) is 6. The van der Waals surface area contributed by atoms with E-state index in [0.717, 1.165) is 16.7 Å². The van der Waals surface area contributed by atoms with Gasteiger partial charge in [0.05, 0.1) is 6.04 Å². The highest BCUT2D eigenvalue weighted by atomic mass is 32.2. The van der Waals surface area contributed by atoms with Crippen LogP contribution >= 0.6 is 11.8 Å². The molecule has 1 fully saturated rings. The number of nitrogens with one attached hydrogen (secondary N) is 1. The third-order valence-electron chi connectivity index (χ3n) is 2.09. The zero-order chi connectivity index (χ0) is 13.0. The van der Waals surface area contributed by atoms with Gasteiger partial charge in [-0.3, -0.25) is 9.69 Å². The summed E-state index contributed by atoms with van der Waals surface area (Å²) in [5, 5.41) is 19.6. The fourth-order valence-corrected chi connectivity index (χ4v) is 2.37. The van der Waals surface area contributed by atoms with Gasteiger partial charge in [-0.2, -0.15) is 0 Å². The third-order valence-corrected chi connectivity index (χ3v) is 3.12. The fraction of sp³-hybridized carbons (Fsp3) is 0.714. The lowest BCUT2D eigenvalue weighted by Crippen LogP contribution is -2.47. The average Bonchev–Trinajstić information content (AvgIpc) is 2.61. The summed E-state index contributed by atoms with van der Waals surface area (Å²) < 4.78 is 0. The maximum absolute atomic E-state index is 11.0. The lowest BCUT2D eigenvalue weighted by Gasteiger charge is -2.29. The minimum absolute atomic E-state index is 0.179. The van der Waals surface area contributed by atoms with Gasteiger partial charge in [-0.05, 0) is 18.7 Å². The Morgan fingerprint density at radius 3 is 2.94 bits per heavy atom. The molecule has 1 aliphatic heterocycles. The molecule has 2 atom stereocenters. The Labute approximate surface area is 100 Å². The zero-order valence-corrected chi connectivity index (χ0v) is 9.68. The topological polar surface area (TPSA) is 122 Å². The van der Waals surface area contributed by atoms with Gasteiger partial charge in [0.1, 0.15) is 12.0 Å². The van der Waals surface area contributed by atoms with Crippen molar-refractivity contribution in [3.05, 3.63) is 10.1 Å². The molecule has 10 heteroatoms. The van der Waals surface area contributed by atoms with Gasteiger partial charge in [0.2, 0.25) is 0 Å². The molecular weight excluding hydrogens is 254 g/mol. The standard InChI is InChI=1S/C7H11N3O6S/c1-4(3-16-10(14)15)9(7(12)13)5-2-8-6(11)17-5/h4-5H,2-3H2,1H3,(H,8,11)(H,12,13). The largest absolute Gasteiger partial charge is 0.465 e. The Morgan fingerprint density at radius 1 is 1.88 bits per heavy atom. The molecule has 0 aromatic rings. The number of carbonyl (C=O) groups is 2. The van der Waals surface area contributed by atoms with Crippen molar-refractivity contribution in [2.24, 2.45) is 0 Å². The summed E-state index contributed by atoms with van der Waals surface area (Å²) in [6.07, 6.45) is -1.25. The van der Waals surface area contributed by atoms with Crippen molar-refractivity contribution in [1.29, 1.82) is 0 Å². The van der Waals surface area contributed by atoms with Crippen LogP contribution in [0.4, 0.5) is 9.59 Å². The van der Waals surface area contributed by atoms with Crippen LogP contribution in [-0.2, 0) is 4.84 Å². The van der Waals surface area contributed by atoms with Crippen LogP contribution in [0.25, 0.3) is 0 Å². The second-order valence-corrected chi connectivity index (χ2v) is 4.45. The van der Waals surface area contributed by atoms with E-state index < -0.39 is 22.6 Å². The minimum Gasteiger partial charge on any atom is -0.465 e. The predicted molar refractivity (Wildman–Crippen MR) is 57.0 cm³/mol. The number of thioether (sulfide) groups is 1. The van der Waals surface area contributed by atoms with Crippen molar-refractivity contribution in [3.63, 3.8) is 0 Å². The highest BCUT2D eigenvalue weighted by molar-refractivity contribution is 8.14. The first-order valence-electron chi connectivity index (χ1n) is 4.65. The number of rotatable bonds is 5. The Morgan fingerprint density at radius 2 is 2.53 bits per heavy atom. The molecule has 1 aliphatic rings. The van der Waals surface area contributed by atoms with Gasteiger partial charge in [-0.15, -0.1) is 10.1 Å². The van der Waals surface area contributed by atoms with Gasteiger partial charge in [0.25, 0.3) is 10.3 Å². The molecule has 1 saturated heterocycles. The van der Waals surface area contributed by atoms with E-state index in [1.807, 2.05) is 0 Å². The minimum atomic E-state index is -1.25. The van der Waals surface area contributed by atoms with Crippen LogP contribution < -0.4 is 5.32 Å². The monoisotopic (exact) mass is 265 g/mol. The smallest absolute Gasteiger partial charge is 0.408 e. The van der Waals surface area contributed by atoms with Crippen molar-refractivity contribution in [1.82, 2.24) is 10.2 Å². The molecule has 96 valence electrons. The molecule has 0 aromatic heterocycles. The Balaban J connectivity index is 2.61. The van der Waals surface area contributed by atoms with Gasteiger partial charge in [0, 0.05) is 6.54 Å². The highest BCUT2D eigenvalue weighted by Gasteiger charge is 2.34. The second kappa shape index (κ2) is 5.57. The molecule has 0 saturated carbocycles. The van der Waals surface area contributed by atoms with Gasteiger partial charge in [-0.25, -0.2) is 4.79 Å². The van der Waals surface area contributed by atoms with Crippen LogP contribution in [-0.4, -0.2) is 51.0 Å². The molecule has 1 heterocycles. The lowest BCUT2D eigenvalue weighted by atomic mass is 10.3. The van der Waals surface area contributed by atoms with E-state index >= 15 is 0 Å². The number of carbonyl (C=O) groups excluding carboxylic acids is 1. The molecule has 2 N–H and O–H groups in total. The number of hydrogen-bond donors (Lipinski definition) is 2. The maximum Gasteiger partial charge on any atom is 0.408 e. The number of amides is 2. The van der Waals surface area contributed by atoms with Gasteiger partial charge < -0.3 is 15.3 Å². The summed E-state index contributed by atoms with van der Waals surface area (Å²) in [6.45, 7) is 1.28. The summed E-state index contributed by atoms with van der Waals surface area (Å²) in [4.78, 5) is 37.1. The van der Waals surface area contributed by atoms with E-state index in [1.165, 1.54) is 6.92 Å². The molecule has 2 amide bonds. The van der Waals surface area contributed by atoms with Crippen LogP contribution in [0, 0.1) is 10.1 Å². The lowest BCUT2D eigenvalue weighted by molar-refractivity contribution is -0.758. The quantitative estimate of drug-likeness (QED) is 0.543. The first-order chi connectivity index (χ1) is 7.91. The SMILES string of the molecule is CC(CO[N+](=O)[O-])N(C(=O)O)C1CNC(=O)S1. The van der Waals surface area contributed by atoms with Crippen molar-refractivity contribution < 1.29 is 24.6 Å². The summed E-state index contributed by atoms with van der Waals surface area (Å²) in [5.74, 6) is 0. The van der Waals surface area contributed by atoms with E-state index in [-0.39, 0.29) is 18.4 Å². The fourth-order valence-electron chi connectivity index (χ4n) is 1.38. The molecule has 9 nitrogen and oxygen atoms in total.